The Hall–Kier alpha value is -2.15. The maximum Gasteiger partial charge on any atom is 0.270 e. The van der Waals surface area contributed by atoms with Gasteiger partial charge in [-0.2, -0.15) is 5.26 Å². The van der Waals surface area contributed by atoms with E-state index in [1.165, 1.54) is 11.8 Å². The largest absolute Gasteiger partial charge is 0.383 e. The van der Waals surface area contributed by atoms with Crippen LogP contribution < -0.4 is 10.5 Å². The zero-order valence-corrected chi connectivity index (χ0v) is 21.6. The van der Waals surface area contributed by atoms with Crippen LogP contribution in [-0.2, 0) is 16.1 Å². The van der Waals surface area contributed by atoms with Crippen molar-refractivity contribution in [2.75, 3.05) is 38.3 Å². The predicted octanol–water partition coefficient (Wildman–Crippen LogP) is 3.77. The Morgan fingerprint density at radius 3 is 2.48 bits per heavy atom. The first-order valence-electron chi connectivity index (χ1n) is 11.4. The summed E-state index contributed by atoms with van der Waals surface area (Å²) >= 11 is 6.69. The third-order valence-corrected chi connectivity index (χ3v) is 7.51. The molecule has 2 unspecified atom stereocenters. The van der Waals surface area contributed by atoms with Crippen molar-refractivity contribution in [1.29, 1.82) is 5.26 Å². The number of thiocarbonyl (C=S) groups is 1. The molecule has 0 radical (unpaired) electrons. The molecule has 1 aromatic heterocycles. The third-order valence-electron chi connectivity index (χ3n) is 6.13. The van der Waals surface area contributed by atoms with Gasteiger partial charge in [-0.1, -0.05) is 44.8 Å². The van der Waals surface area contributed by atoms with E-state index in [1.54, 1.807) is 23.5 Å². The molecule has 1 aromatic rings. The predicted molar refractivity (Wildman–Crippen MR) is 137 cm³/mol. The van der Waals surface area contributed by atoms with E-state index in [2.05, 4.69) is 24.8 Å². The zero-order chi connectivity index (χ0) is 24.3. The lowest BCUT2D eigenvalue weighted by molar-refractivity contribution is -0.122. The standard InChI is InChI=1S/C24H32N4O3S2/c1-6-7-27-21(26-13-15(2)10-16(3)14-26)18(17(4)19(12-25)22(27)29)11-20-23(30)28(8-9-31-5)24(32)33-20/h11,15-16H,6-10,13-14H2,1-5H3. The quantitative estimate of drug-likeness (QED) is 0.427. The second-order valence-electron chi connectivity index (χ2n) is 8.98. The fraction of sp³-hybridized carbons (Fsp3) is 0.583. The van der Waals surface area contributed by atoms with Crippen LogP contribution in [0.1, 0.15) is 50.3 Å². The minimum atomic E-state index is -0.262. The second kappa shape index (κ2) is 10.9. The van der Waals surface area contributed by atoms with Crippen LogP contribution in [-0.4, -0.2) is 53.0 Å². The average molecular weight is 489 g/mol. The van der Waals surface area contributed by atoms with E-state index in [9.17, 15) is 14.9 Å². The van der Waals surface area contributed by atoms with Gasteiger partial charge in [0.15, 0.2) is 0 Å². The molecule has 0 spiro atoms. The van der Waals surface area contributed by atoms with Crippen molar-refractivity contribution in [1.82, 2.24) is 9.47 Å². The fourth-order valence-electron chi connectivity index (χ4n) is 4.76. The monoisotopic (exact) mass is 488 g/mol. The number of rotatable bonds is 7. The summed E-state index contributed by atoms with van der Waals surface area (Å²) in [6, 6.07) is 2.11. The second-order valence-corrected chi connectivity index (χ2v) is 10.7. The molecule has 9 heteroatoms. The molecule has 7 nitrogen and oxygen atoms in total. The highest BCUT2D eigenvalue weighted by atomic mass is 32.2. The first-order valence-corrected chi connectivity index (χ1v) is 12.6. The van der Waals surface area contributed by atoms with Crippen molar-refractivity contribution >= 4 is 46.1 Å². The van der Waals surface area contributed by atoms with Crippen LogP contribution >= 0.6 is 24.0 Å². The molecule has 178 valence electrons. The average Bonchev–Trinajstić information content (AvgIpc) is 3.02. The number of hydrogen-bond acceptors (Lipinski definition) is 7. The van der Waals surface area contributed by atoms with Crippen LogP contribution in [0, 0.1) is 30.1 Å². The van der Waals surface area contributed by atoms with Gasteiger partial charge >= 0.3 is 0 Å². The molecule has 1 amide bonds. The molecule has 2 aliphatic rings. The van der Waals surface area contributed by atoms with E-state index in [0.717, 1.165) is 37.3 Å². The number of nitriles is 1. The van der Waals surface area contributed by atoms with Crippen LogP contribution in [0.3, 0.4) is 0 Å². The maximum absolute atomic E-state index is 13.3. The third kappa shape index (κ3) is 5.18. The molecule has 2 fully saturated rings. The number of piperidine rings is 1. The molecule has 0 N–H and O–H groups in total. The topological polar surface area (TPSA) is 78.6 Å². The number of hydrogen-bond donors (Lipinski definition) is 0. The summed E-state index contributed by atoms with van der Waals surface area (Å²) in [6.45, 7) is 11.2. The molecule has 2 saturated heterocycles. The number of carbonyl (C=O) groups is 1. The highest BCUT2D eigenvalue weighted by molar-refractivity contribution is 8.26. The molecule has 0 aromatic carbocycles. The van der Waals surface area contributed by atoms with E-state index < -0.39 is 0 Å². The Balaban J connectivity index is 2.22. The number of methoxy groups -OCH3 is 1. The summed E-state index contributed by atoms with van der Waals surface area (Å²) in [5.41, 5.74) is 1.24. The maximum atomic E-state index is 13.3. The van der Waals surface area contributed by atoms with Crippen molar-refractivity contribution in [3.8, 4) is 6.07 Å². The minimum absolute atomic E-state index is 0.131. The minimum Gasteiger partial charge on any atom is -0.383 e. The summed E-state index contributed by atoms with van der Waals surface area (Å²) in [5.74, 6) is 1.60. The lowest BCUT2D eigenvalue weighted by atomic mass is 9.91. The van der Waals surface area contributed by atoms with Gasteiger partial charge in [0.2, 0.25) is 0 Å². The SMILES string of the molecule is CCCn1c(N2CC(C)CC(C)C2)c(C=C2SC(=S)N(CCOC)C2=O)c(C)c(C#N)c1=O. The Bertz CT molecular complexity index is 1060. The summed E-state index contributed by atoms with van der Waals surface area (Å²) in [6.07, 6.45) is 3.72. The molecule has 33 heavy (non-hydrogen) atoms. The van der Waals surface area contributed by atoms with Crippen molar-refractivity contribution in [3.05, 3.63) is 31.9 Å². The van der Waals surface area contributed by atoms with Crippen LogP contribution in [0.15, 0.2) is 9.70 Å². The lowest BCUT2D eigenvalue weighted by Crippen LogP contribution is -2.43. The molecule has 3 rings (SSSR count). The fourth-order valence-corrected chi connectivity index (χ4v) is 6.05. The van der Waals surface area contributed by atoms with Crippen LogP contribution in [0.5, 0.6) is 0 Å². The highest BCUT2D eigenvalue weighted by Gasteiger charge is 2.34. The van der Waals surface area contributed by atoms with E-state index in [0.29, 0.717) is 46.3 Å². The first kappa shape index (κ1) is 25.5. The van der Waals surface area contributed by atoms with Crippen LogP contribution in [0.25, 0.3) is 6.08 Å². The molecular formula is C24H32N4O3S2. The number of amides is 1. The van der Waals surface area contributed by atoms with Crippen molar-refractivity contribution < 1.29 is 9.53 Å². The molecule has 2 atom stereocenters. The smallest absolute Gasteiger partial charge is 0.270 e. The number of thioether (sulfide) groups is 1. The van der Waals surface area contributed by atoms with Crippen molar-refractivity contribution in [3.63, 3.8) is 0 Å². The van der Waals surface area contributed by atoms with Crippen LogP contribution in [0.4, 0.5) is 5.82 Å². The van der Waals surface area contributed by atoms with Gasteiger partial charge in [-0.25, -0.2) is 0 Å². The molecule has 2 aliphatic heterocycles. The molecule has 0 aliphatic carbocycles. The molecule has 0 bridgehead atoms. The normalized spacial score (nSPS) is 22.4. The summed E-state index contributed by atoms with van der Waals surface area (Å²) in [4.78, 5) is 30.7. The van der Waals surface area contributed by atoms with E-state index in [1.807, 2.05) is 13.0 Å². The number of aromatic nitrogens is 1. The Morgan fingerprint density at radius 1 is 1.24 bits per heavy atom. The van der Waals surface area contributed by atoms with E-state index in [4.69, 9.17) is 17.0 Å². The van der Waals surface area contributed by atoms with Gasteiger partial charge in [-0.3, -0.25) is 19.1 Å². The Labute approximate surface area is 205 Å². The number of carbonyl (C=O) groups excluding carboxylic acids is 1. The van der Waals surface area contributed by atoms with Gasteiger partial charge in [0.1, 0.15) is 21.8 Å². The zero-order valence-electron chi connectivity index (χ0n) is 20.0. The molecule has 3 heterocycles. The van der Waals surface area contributed by atoms with E-state index in [-0.39, 0.29) is 17.0 Å². The Morgan fingerprint density at radius 2 is 1.91 bits per heavy atom. The number of pyridine rings is 1. The van der Waals surface area contributed by atoms with Gasteiger partial charge in [-0.05, 0) is 43.2 Å². The molecule has 0 saturated carbocycles. The van der Waals surface area contributed by atoms with Gasteiger partial charge in [-0.15, -0.1) is 0 Å². The lowest BCUT2D eigenvalue weighted by Gasteiger charge is -2.39. The van der Waals surface area contributed by atoms with Gasteiger partial charge < -0.3 is 9.64 Å². The Kier molecular flexibility index (Phi) is 8.38. The number of ether oxygens (including phenoxy) is 1. The van der Waals surface area contributed by atoms with Gasteiger partial charge in [0, 0.05) is 32.3 Å². The van der Waals surface area contributed by atoms with Crippen molar-refractivity contribution in [2.24, 2.45) is 11.8 Å². The summed E-state index contributed by atoms with van der Waals surface area (Å²) in [5, 5.41) is 9.78. The first-order chi connectivity index (χ1) is 15.7. The highest BCUT2D eigenvalue weighted by Crippen LogP contribution is 2.37. The van der Waals surface area contributed by atoms with Crippen LogP contribution in [0.2, 0.25) is 0 Å². The van der Waals surface area contributed by atoms with Crippen molar-refractivity contribution in [2.45, 2.75) is 47.1 Å². The molecular weight excluding hydrogens is 456 g/mol. The number of nitrogens with zero attached hydrogens (tertiary/aromatic N) is 4. The summed E-state index contributed by atoms with van der Waals surface area (Å²) in [7, 11) is 1.59. The van der Waals surface area contributed by atoms with E-state index >= 15 is 0 Å². The van der Waals surface area contributed by atoms with Gasteiger partial charge in [0.25, 0.3) is 11.5 Å². The summed E-state index contributed by atoms with van der Waals surface area (Å²) < 4.78 is 7.34. The van der Waals surface area contributed by atoms with Gasteiger partial charge in [0.05, 0.1) is 18.1 Å². The number of anilines is 1.